The molecule has 0 saturated heterocycles. The molecule has 0 unspecified atom stereocenters. The highest BCUT2D eigenvalue weighted by molar-refractivity contribution is 5.88. The number of phenols is 1. The van der Waals surface area contributed by atoms with Gasteiger partial charge in [0, 0.05) is 0 Å². The lowest BCUT2D eigenvalue weighted by Crippen LogP contribution is -1.92. The number of benzene rings is 2. The Bertz CT molecular complexity index is 500. The molecule has 0 saturated carbocycles. The first kappa shape index (κ1) is 11.0. The van der Waals surface area contributed by atoms with Crippen molar-refractivity contribution in [2.24, 2.45) is 0 Å². The fraction of sp³-hybridized carbons (Fsp3) is 0.333. The molecule has 84 valence electrons. The number of unbranched alkanes of at least 4 members (excludes halogenated alkanes) is 1. The van der Waals surface area contributed by atoms with E-state index in [1.54, 1.807) is 0 Å². The fourth-order valence-electron chi connectivity index (χ4n) is 2.19. The number of rotatable bonds is 3. The van der Waals surface area contributed by atoms with E-state index >= 15 is 0 Å². The summed E-state index contributed by atoms with van der Waals surface area (Å²) in [6.45, 7) is 4.20. The summed E-state index contributed by atoms with van der Waals surface area (Å²) in [5.74, 6) is 0.421. The number of phenolic OH excluding ortho intramolecular Hbond substituents is 1. The van der Waals surface area contributed by atoms with E-state index in [-0.39, 0.29) is 0 Å². The van der Waals surface area contributed by atoms with Gasteiger partial charge in [0.05, 0.1) is 0 Å². The Morgan fingerprint density at radius 2 is 1.94 bits per heavy atom. The maximum atomic E-state index is 9.90. The molecular formula is C15H18O. The predicted octanol–water partition coefficient (Wildman–Crippen LogP) is 4.20. The third-order valence-corrected chi connectivity index (χ3v) is 3.20. The molecule has 1 N–H and O–H groups in total. The van der Waals surface area contributed by atoms with E-state index in [0.29, 0.717) is 5.75 Å². The van der Waals surface area contributed by atoms with E-state index < -0.39 is 0 Å². The summed E-state index contributed by atoms with van der Waals surface area (Å²) in [6, 6.07) is 10.1. The van der Waals surface area contributed by atoms with Crippen LogP contribution in [0.25, 0.3) is 10.8 Å². The Hall–Kier alpha value is -1.50. The summed E-state index contributed by atoms with van der Waals surface area (Å²) in [6.07, 6.45) is 3.41. The van der Waals surface area contributed by atoms with Gasteiger partial charge in [-0.2, -0.15) is 0 Å². The van der Waals surface area contributed by atoms with Crippen molar-refractivity contribution in [3.63, 3.8) is 0 Å². The highest BCUT2D eigenvalue weighted by atomic mass is 16.3. The Kier molecular flexibility index (Phi) is 3.14. The van der Waals surface area contributed by atoms with Crippen molar-refractivity contribution in [3.05, 3.63) is 41.5 Å². The van der Waals surface area contributed by atoms with Crippen LogP contribution in [0.3, 0.4) is 0 Å². The zero-order valence-corrected chi connectivity index (χ0v) is 9.96. The van der Waals surface area contributed by atoms with Gasteiger partial charge in [-0.3, -0.25) is 0 Å². The van der Waals surface area contributed by atoms with Crippen molar-refractivity contribution >= 4 is 10.8 Å². The van der Waals surface area contributed by atoms with Gasteiger partial charge >= 0.3 is 0 Å². The molecule has 0 atom stereocenters. The Morgan fingerprint density at radius 1 is 1.19 bits per heavy atom. The zero-order chi connectivity index (χ0) is 11.5. The Balaban J connectivity index is 2.61. The average Bonchev–Trinajstić information content (AvgIpc) is 2.30. The quantitative estimate of drug-likeness (QED) is 0.812. The highest BCUT2D eigenvalue weighted by Crippen LogP contribution is 2.30. The number of hydrogen-bond donors (Lipinski definition) is 1. The number of hydrogen-bond acceptors (Lipinski definition) is 1. The zero-order valence-electron chi connectivity index (χ0n) is 9.96. The minimum atomic E-state index is 0.421. The first-order chi connectivity index (χ1) is 7.74. The maximum Gasteiger partial charge on any atom is 0.119 e. The van der Waals surface area contributed by atoms with Gasteiger partial charge in [-0.15, -0.1) is 0 Å². The molecule has 0 aliphatic heterocycles. The molecule has 0 fully saturated rings. The third kappa shape index (κ3) is 1.90. The van der Waals surface area contributed by atoms with Crippen molar-refractivity contribution in [1.82, 2.24) is 0 Å². The average molecular weight is 214 g/mol. The van der Waals surface area contributed by atoms with Crippen LogP contribution in [0.1, 0.15) is 30.9 Å². The molecule has 1 heteroatoms. The molecule has 0 aliphatic rings. The molecule has 16 heavy (non-hydrogen) atoms. The summed E-state index contributed by atoms with van der Waals surface area (Å²) in [5.41, 5.74) is 2.34. The molecule has 2 rings (SSSR count). The molecule has 2 aromatic rings. The summed E-state index contributed by atoms with van der Waals surface area (Å²) >= 11 is 0. The van der Waals surface area contributed by atoms with E-state index in [9.17, 15) is 5.11 Å². The van der Waals surface area contributed by atoms with Gasteiger partial charge in [0.2, 0.25) is 0 Å². The van der Waals surface area contributed by atoms with Crippen molar-refractivity contribution in [1.29, 1.82) is 0 Å². The standard InChI is InChI=1S/C15H18O/c1-3-4-8-13-11(2)15(16)10-12-7-5-6-9-14(12)13/h5-7,9-10,16H,3-4,8H2,1-2H3. The first-order valence-corrected chi connectivity index (χ1v) is 5.94. The fourth-order valence-corrected chi connectivity index (χ4v) is 2.19. The van der Waals surface area contributed by atoms with Crippen molar-refractivity contribution in [2.75, 3.05) is 0 Å². The molecule has 0 aliphatic carbocycles. The van der Waals surface area contributed by atoms with E-state index in [1.165, 1.54) is 23.8 Å². The predicted molar refractivity (Wildman–Crippen MR) is 69.0 cm³/mol. The molecule has 0 aromatic heterocycles. The molecule has 0 heterocycles. The van der Waals surface area contributed by atoms with Gasteiger partial charge in [-0.1, -0.05) is 37.6 Å². The maximum absolute atomic E-state index is 9.90. The van der Waals surface area contributed by atoms with Gasteiger partial charge < -0.3 is 5.11 Å². The molecule has 0 bridgehead atoms. The largest absolute Gasteiger partial charge is 0.508 e. The van der Waals surface area contributed by atoms with E-state index in [1.807, 2.05) is 19.1 Å². The third-order valence-electron chi connectivity index (χ3n) is 3.20. The van der Waals surface area contributed by atoms with Gasteiger partial charge in [0.25, 0.3) is 0 Å². The van der Waals surface area contributed by atoms with Crippen molar-refractivity contribution in [3.8, 4) is 5.75 Å². The van der Waals surface area contributed by atoms with Crippen LogP contribution in [0, 0.1) is 6.92 Å². The normalized spacial score (nSPS) is 10.9. The molecular weight excluding hydrogens is 196 g/mol. The number of aryl methyl sites for hydroxylation is 1. The summed E-state index contributed by atoms with van der Waals surface area (Å²) in [5, 5.41) is 12.3. The molecule has 0 amide bonds. The topological polar surface area (TPSA) is 20.2 Å². The van der Waals surface area contributed by atoms with Crippen molar-refractivity contribution < 1.29 is 5.11 Å². The van der Waals surface area contributed by atoms with Crippen LogP contribution >= 0.6 is 0 Å². The molecule has 0 radical (unpaired) electrons. The second-order valence-corrected chi connectivity index (χ2v) is 4.32. The van der Waals surface area contributed by atoms with Crippen LogP contribution in [0.2, 0.25) is 0 Å². The minimum absolute atomic E-state index is 0.421. The summed E-state index contributed by atoms with van der Waals surface area (Å²) in [4.78, 5) is 0. The lowest BCUT2D eigenvalue weighted by molar-refractivity contribution is 0.471. The smallest absolute Gasteiger partial charge is 0.119 e. The van der Waals surface area contributed by atoms with Crippen LogP contribution in [-0.4, -0.2) is 5.11 Å². The Labute approximate surface area is 96.7 Å². The molecule has 0 spiro atoms. The van der Waals surface area contributed by atoms with Crippen LogP contribution in [0.4, 0.5) is 0 Å². The van der Waals surface area contributed by atoms with E-state index in [4.69, 9.17) is 0 Å². The number of fused-ring (bicyclic) bond motifs is 1. The second kappa shape index (κ2) is 4.56. The van der Waals surface area contributed by atoms with Crippen LogP contribution in [-0.2, 0) is 6.42 Å². The monoisotopic (exact) mass is 214 g/mol. The highest BCUT2D eigenvalue weighted by Gasteiger charge is 2.08. The first-order valence-electron chi connectivity index (χ1n) is 5.94. The van der Waals surface area contributed by atoms with E-state index in [2.05, 4.69) is 25.1 Å². The van der Waals surface area contributed by atoms with Crippen molar-refractivity contribution in [2.45, 2.75) is 33.1 Å². The molecule has 2 aromatic carbocycles. The van der Waals surface area contributed by atoms with E-state index in [0.717, 1.165) is 17.4 Å². The Morgan fingerprint density at radius 3 is 2.69 bits per heavy atom. The summed E-state index contributed by atoms with van der Waals surface area (Å²) < 4.78 is 0. The van der Waals surface area contributed by atoms with Gasteiger partial charge in [0.15, 0.2) is 0 Å². The minimum Gasteiger partial charge on any atom is -0.508 e. The summed E-state index contributed by atoms with van der Waals surface area (Å²) in [7, 11) is 0. The lowest BCUT2D eigenvalue weighted by Gasteiger charge is -2.11. The van der Waals surface area contributed by atoms with Gasteiger partial charge in [-0.05, 0) is 47.7 Å². The molecule has 1 nitrogen and oxygen atoms in total. The van der Waals surface area contributed by atoms with Gasteiger partial charge in [0.1, 0.15) is 5.75 Å². The lowest BCUT2D eigenvalue weighted by atomic mass is 9.95. The van der Waals surface area contributed by atoms with Crippen LogP contribution < -0.4 is 0 Å². The SMILES string of the molecule is CCCCc1c(C)c(O)cc2ccccc12. The van der Waals surface area contributed by atoms with Crippen LogP contribution in [0.5, 0.6) is 5.75 Å². The van der Waals surface area contributed by atoms with Crippen LogP contribution in [0.15, 0.2) is 30.3 Å². The van der Waals surface area contributed by atoms with Gasteiger partial charge in [-0.25, -0.2) is 0 Å². The number of aromatic hydroxyl groups is 1. The second-order valence-electron chi connectivity index (χ2n) is 4.32.